The molecule has 0 fully saturated rings. The van der Waals surface area contributed by atoms with Crippen molar-refractivity contribution in [2.45, 2.75) is 38.6 Å². The summed E-state index contributed by atoms with van der Waals surface area (Å²) < 4.78 is 0. The predicted octanol–water partition coefficient (Wildman–Crippen LogP) is 0.314. The molecule has 17 heavy (non-hydrogen) atoms. The van der Waals surface area contributed by atoms with Crippen LogP contribution in [-0.2, 0) is 0 Å². The Balaban J connectivity index is 0.00000144. The molecule has 1 aliphatic rings. The molecular formula is C14H20BrN2-. The summed E-state index contributed by atoms with van der Waals surface area (Å²) >= 11 is 0. The summed E-state index contributed by atoms with van der Waals surface area (Å²) in [7, 11) is 0. The quantitative estimate of drug-likeness (QED) is 0.835. The summed E-state index contributed by atoms with van der Waals surface area (Å²) in [6.45, 7) is 3.19. The third-order valence-electron chi connectivity index (χ3n) is 3.06. The van der Waals surface area contributed by atoms with Gasteiger partial charge in [-0.1, -0.05) is 36.8 Å². The summed E-state index contributed by atoms with van der Waals surface area (Å²) in [6, 6.07) is 10.9. The SMILES string of the molecule is CC(NC1=NCCCCC1)c1ccccc1.[Br-]. The standard InChI is InChI=1S/C14H20N2.BrH/c1-12(13-8-4-2-5-9-13)16-14-10-6-3-7-11-15-14;/h2,4-5,8-9,12H,3,6-7,10-11H2,1H3,(H,15,16);1H/p-1. The van der Waals surface area contributed by atoms with E-state index in [1.54, 1.807) is 0 Å². The van der Waals surface area contributed by atoms with E-state index < -0.39 is 0 Å². The van der Waals surface area contributed by atoms with Gasteiger partial charge in [-0.05, 0) is 25.3 Å². The predicted molar refractivity (Wildman–Crippen MR) is 68.8 cm³/mol. The largest absolute Gasteiger partial charge is 1.00 e. The molecular weight excluding hydrogens is 276 g/mol. The van der Waals surface area contributed by atoms with Crippen LogP contribution >= 0.6 is 0 Å². The van der Waals surface area contributed by atoms with E-state index >= 15 is 0 Å². The molecule has 0 spiro atoms. The number of halogens is 1. The van der Waals surface area contributed by atoms with Gasteiger partial charge in [0.2, 0.25) is 0 Å². The van der Waals surface area contributed by atoms with Gasteiger partial charge in [-0.15, -0.1) is 0 Å². The fourth-order valence-electron chi connectivity index (χ4n) is 2.07. The Morgan fingerprint density at radius 2 is 1.88 bits per heavy atom. The molecule has 0 radical (unpaired) electrons. The highest BCUT2D eigenvalue weighted by molar-refractivity contribution is 5.82. The molecule has 1 unspecified atom stereocenters. The van der Waals surface area contributed by atoms with Crippen molar-refractivity contribution in [3.05, 3.63) is 35.9 Å². The maximum absolute atomic E-state index is 4.59. The van der Waals surface area contributed by atoms with Crippen LogP contribution in [0.15, 0.2) is 35.3 Å². The average molecular weight is 296 g/mol. The van der Waals surface area contributed by atoms with Gasteiger partial charge in [-0.2, -0.15) is 0 Å². The van der Waals surface area contributed by atoms with Crippen LogP contribution in [0.2, 0.25) is 0 Å². The average Bonchev–Trinajstić information content (AvgIpc) is 2.59. The van der Waals surface area contributed by atoms with Crippen molar-refractivity contribution < 1.29 is 17.0 Å². The summed E-state index contributed by atoms with van der Waals surface area (Å²) in [5.74, 6) is 1.19. The Hall–Kier alpha value is -0.830. The first-order valence-corrected chi connectivity index (χ1v) is 6.21. The van der Waals surface area contributed by atoms with Crippen molar-refractivity contribution >= 4 is 5.84 Å². The number of amidine groups is 1. The lowest BCUT2D eigenvalue weighted by Crippen LogP contribution is -3.00. The third kappa shape index (κ3) is 4.50. The molecule has 1 atom stereocenters. The van der Waals surface area contributed by atoms with E-state index in [0.717, 1.165) is 13.0 Å². The first-order valence-electron chi connectivity index (χ1n) is 6.21. The van der Waals surface area contributed by atoms with E-state index in [1.807, 2.05) is 0 Å². The van der Waals surface area contributed by atoms with Gasteiger partial charge in [0.15, 0.2) is 0 Å². The van der Waals surface area contributed by atoms with Crippen molar-refractivity contribution in [2.75, 3.05) is 6.54 Å². The van der Waals surface area contributed by atoms with E-state index in [-0.39, 0.29) is 17.0 Å². The number of nitrogens with one attached hydrogen (secondary N) is 1. The first kappa shape index (κ1) is 14.2. The topological polar surface area (TPSA) is 24.4 Å². The summed E-state index contributed by atoms with van der Waals surface area (Å²) in [5.41, 5.74) is 1.33. The maximum atomic E-state index is 4.59. The van der Waals surface area contributed by atoms with Crippen LogP contribution in [-0.4, -0.2) is 12.4 Å². The molecule has 1 aromatic carbocycles. The molecule has 0 aromatic heterocycles. The third-order valence-corrected chi connectivity index (χ3v) is 3.06. The molecule has 0 saturated heterocycles. The summed E-state index contributed by atoms with van der Waals surface area (Å²) in [4.78, 5) is 4.59. The van der Waals surface area contributed by atoms with E-state index in [1.165, 1.54) is 30.7 Å². The maximum Gasteiger partial charge on any atom is 0.0967 e. The van der Waals surface area contributed by atoms with Gasteiger partial charge in [0.05, 0.1) is 5.84 Å². The van der Waals surface area contributed by atoms with Crippen molar-refractivity contribution in [3.8, 4) is 0 Å². The van der Waals surface area contributed by atoms with Crippen molar-refractivity contribution in [3.63, 3.8) is 0 Å². The number of hydrogen-bond acceptors (Lipinski definition) is 2. The minimum absolute atomic E-state index is 0. The zero-order valence-electron chi connectivity index (χ0n) is 10.3. The summed E-state index contributed by atoms with van der Waals surface area (Å²) in [6.07, 6.45) is 4.93. The monoisotopic (exact) mass is 295 g/mol. The highest BCUT2D eigenvalue weighted by Crippen LogP contribution is 2.13. The van der Waals surface area contributed by atoms with Crippen LogP contribution in [0.25, 0.3) is 0 Å². The normalized spacial score (nSPS) is 17.4. The van der Waals surface area contributed by atoms with Gasteiger partial charge in [-0.3, -0.25) is 4.99 Å². The van der Waals surface area contributed by atoms with Crippen LogP contribution in [0, 0.1) is 0 Å². The van der Waals surface area contributed by atoms with Crippen molar-refractivity contribution in [1.29, 1.82) is 0 Å². The molecule has 94 valence electrons. The molecule has 0 aliphatic carbocycles. The van der Waals surface area contributed by atoms with E-state index in [4.69, 9.17) is 0 Å². The lowest BCUT2D eigenvalue weighted by atomic mass is 10.1. The Morgan fingerprint density at radius 1 is 1.12 bits per heavy atom. The van der Waals surface area contributed by atoms with E-state index in [2.05, 4.69) is 47.6 Å². The number of nitrogens with zero attached hydrogens (tertiary/aromatic N) is 1. The lowest BCUT2D eigenvalue weighted by Gasteiger charge is -2.16. The second-order valence-electron chi connectivity index (χ2n) is 4.42. The number of aliphatic imine (C=N–C) groups is 1. The Labute approximate surface area is 114 Å². The number of rotatable bonds is 2. The van der Waals surface area contributed by atoms with Gasteiger partial charge in [0.1, 0.15) is 0 Å². The first-order chi connectivity index (χ1) is 7.86. The second kappa shape index (κ2) is 7.49. The van der Waals surface area contributed by atoms with Crippen molar-refractivity contribution in [2.24, 2.45) is 4.99 Å². The Kier molecular flexibility index (Phi) is 6.27. The molecule has 1 aliphatic heterocycles. The van der Waals surface area contributed by atoms with Crippen LogP contribution in [0.1, 0.15) is 44.2 Å². The molecule has 0 amide bonds. The number of benzene rings is 1. The molecule has 1 aromatic rings. The van der Waals surface area contributed by atoms with Gasteiger partial charge in [0, 0.05) is 19.0 Å². The zero-order valence-corrected chi connectivity index (χ0v) is 11.9. The Bertz CT molecular complexity index is 348. The highest BCUT2D eigenvalue weighted by atomic mass is 79.9. The highest BCUT2D eigenvalue weighted by Gasteiger charge is 2.08. The fourth-order valence-corrected chi connectivity index (χ4v) is 2.07. The van der Waals surface area contributed by atoms with Gasteiger partial charge in [-0.25, -0.2) is 0 Å². The minimum Gasteiger partial charge on any atom is -1.00 e. The van der Waals surface area contributed by atoms with Crippen LogP contribution < -0.4 is 22.3 Å². The van der Waals surface area contributed by atoms with Gasteiger partial charge >= 0.3 is 0 Å². The second-order valence-corrected chi connectivity index (χ2v) is 4.42. The van der Waals surface area contributed by atoms with Crippen LogP contribution in [0.3, 0.4) is 0 Å². The molecule has 3 heteroatoms. The molecule has 1 heterocycles. The fraction of sp³-hybridized carbons (Fsp3) is 0.500. The minimum atomic E-state index is 0. The Morgan fingerprint density at radius 3 is 2.65 bits per heavy atom. The zero-order chi connectivity index (χ0) is 11.2. The van der Waals surface area contributed by atoms with Gasteiger partial charge in [0.25, 0.3) is 0 Å². The van der Waals surface area contributed by atoms with Crippen molar-refractivity contribution in [1.82, 2.24) is 5.32 Å². The molecule has 2 nitrogen and oxygen atoms in total. The smallest absolute Gasteiger partial charge is 0.0967 e. The van der Waals surface area contributed by atoms with Crippen LogP contribution in [0.5, 0.6) is 0 Å². The lowest BCUT2D eigenvalue weighted by molar-refractivity contribution is -0.00000353. The van der Waals surface area contributed by atoms with E-state index in [0.29, 0.717) is 6.04 Å². The van der Waals surface area contributed by atoms with Crippen LogP contribution in [0.4, 0.5) is 0 Å². The number of hydrogen-bond donors (Lipinski definition) is 1. The van der Waals surface area contributed by atoms with Gasteiger partial charge < -0.3 is 22.3 Å². The summed E-state index contributed by atoms with van der Waals surface area (Å²) in [5, 5.41) is 3.53. The molecule has 1 N–H and O–H groups in total. The molecule has 2 rings (SSSR count). The van der Waals surface area contributed by atoms with E-state index in [9.17, 15) is 0 Å². The molecule has 0 saturated carbocycles. The molecule has 0 bridgehead atoms.